The van der Waals surface area contributed by atoms with Crippen LogP contribution < -0.4 is 10.4 Å². The van der Waals surface area contributed by atoms with Crippen LogP contribution in [0.5, 0.6) is 0 Å². The molecule has 1 fully saturated rings. The average molecular weight is 458 g/mol. The highest BCUT2D eigenvalue weighted by molar-refractivity contribution is 5.95. The van der Waals surface area contributed by atoms with E-state index in [1.54, 1.807) is 37.1 Å². The van der Waals surface area contributed by atoms with E-state index in [0.29, 0.717) is 23.7 Å². The number of anilines is 1. The Kier molecular flexibility index (Phi) is 7.83. The second-order valence-corrected chi connectivity index (χ2v) is 7.93. The molecule has 1 aliphatic rings. The zero-order valence-electron chi connectivity index (χ0n) is 19.1. The molecule has 8 nitrogen and oxygen atoms in total. The van der Waals surface area contributed by atoms with Crippen LogP contribution in [0.25, 0.3) is 11.3 Å². The molecule has 4 rings (SSSR count). The maximum atomic E-state index is 12.2. The molecule has 1 aromatic carbocycles. The lowest BCUT2D eigenvalue weighted by molar-refractivity contribution is 0.0706. The van der Waals surface area contributed by atoms with Crippen LogP contribution in [0.3, 0.4) is 0 Å². The first-order chi connectivity index (χ1) is 16.7. The van der Waals surface area contributed by atoms with Gasteiger partial charge in [-0.25, -0.2) is 10.5 Å². The van der Waals surface area contributed by atoms with E-state index in [1.807, 2.05) is 36.4 Å². The minimum Gasteiger partial charge on any atom is -0.383 e. The molecule has 3 aromatic rings. The zero-order valence-corrected chi connectivity index (χ0v) is 19.1. The minimum absolute atomic E-state index is 0.352. The van der Waals surface area contributed by atoms with Gasteiger partial charge in [0.15, 0.2) is 0 Å². The number of nitrogens with one attached hydrogen (secondary N) is 1. The fourth-order valence-electron chi connectivity index (χ4n) is 3.75. The number of carbonyl (C=O) groups is 1. The van der Waals surface area contributed by atoms with Crippen LogP contribution in [0.15, 0.2) is 60.9 Å². The third-order valence-electron chi connectivity index (χ3n) is 5.68. The molecular weight excluding hydrogens is 430 g/mol. The number of hydroxylamine groups is 1. The lowest BCUT2D eigenvalue weighted by atomic mass is 10.1. The number of aromatic nitrogens is 2. The Bertz CT molecular complexity index is 1160. The molecule has 2 aromatic heterocycles. The molecule has 0 bridgehead atoms. The predicted octanol–water partition coefficient (Wildman–Crippen LogP) is 2.43. The van der Waals surface area contributed by atoms with Gasteiger partial charge < -0.3 is 9.64 Å². The van der Waals surface area contributed by atoms with Crippen LogP contribution in [-0.4, -0.2) is 72.4 Å². The quantitative estimate of drug-likeness (QED) is 0.334. The van der Waals surface area contributed by atoms with Gasteiger partial charge in [0.1, 0.15) is 5.82 Å². The maximum absolute atomic E-state index is 12.2. The number of methoxy groups -OCH3 is 1. The van der Waals surface area contributed by atoms with Gasteiger partial charge in [-0.2, -0.15) is 0 Å². The van der Waals surface area contributed by atoms with E-state index in [2.05, 4.69) is 26.6 Å². The predicted molar refractivity (Wildman–Crippen MR) is 130 cm³/mol. The summed E-state index contributed by atoms with van der Waals surface area (Å²) >= 11 is 0. The van der Waals surface area contributed by atoms with Crippen LogP contribution in [0.4, 0.5) is 5.82 Å². The van der Waals surface area contributed by atoms with Crippen molar-refractivity contribution in [3.8, 4) is 23.1 Å². The Balaban J connectivity index is 1.55. The van der Waals surface area contributed by atoms with Gasteiger partial charge >= 0.3 is 0 Å². The van der Waals surface area contributed by atoms with Gasteiger partial charge in [0.05, 0.1) is 12.3 Å². The molecule has 1 aliphatic heterocycles. The molecule has 34 heavy (non-hydrogen) atoms. The van der Waals surface area contributed by atoms with Gasteiger partial charge in [0.2, 0.25) is 0 Å². The van der Waals surface area contributed by atoms with Crippen LogP contribution >= 0.6 is 0 Å². The van der Waals surface area contributed by atoms with Crippen molar-refractivity contribution in [2.24, 2.45) is 0 Å². The number of amides is 1. The fourth-order valence-corrected chi connectivity index (χ4v) is 3.75. The summed E-state index contributed by atoms with van der Waals surface area (Å²) in [7, 11) is 1.71. The van der Waals surface area contributed by atoms with E-state index in [-0.39, 0.29) is 0 Å². The number of benzene rings is 1. The van der Waals surface area contributed by atoms with Crippen molar-refractivity contribution in [2.75, 3.05) is 51.3 Å². The van der Waals surface area contributed by atoms with Crippen LogP contribution in [0.2, 0.25) is 0 Å². The van der Waals surface area contributed by atoms with E-state index in [1.165, 1.54) is 0 Å². The molecule has 0 saturated carbocycles. The van der Waals surface area contributed by atoms with Crippen molar-refractivity contribution < 1.29 is 14.7 Å². The molecule has 1 saturated heterocycles. The van der Waals surface area contributed by atoms with Crippen molar-refractivity contribution in [3.63, 3.8) is 0 Å². The van der Waals surface area contributed by atoms with Crippen molar-refractivity contribution in [2.45, 2.75) is 0 Å². The number of carbonyl (C=O) groups excluding carboxylic acids is 1. The van der Waals surface area contributed by atoms with Crippen LogP contribution in [-0.2, 0) is 4.74 Å². The maximum Gasteiger partial charge on any atom is 0.274 e. The summed E-state index contributed by atoms with van der Waals surface area (Å²) in [5.41, 5.74) is 5.32. The van der Waals surface area contributed by atoms with Gasteiger partial charge in [-0.15, -0.1) is 0 Å². The Morgan fingerprint density at radius 1 is 1.09 bits per heavy atom. The molecule has 0 atom stereocenters. The average Bonchev–Trinajstić information content (AvgIpc) is 2.91. The standard InChI is InChI=1S/C26H27N5O3/c1-34-16-15-30-11-13-31(14-12-30)25-18-23(26(32)29-33)17-24(28-25)22-8-6-20(7-9-22)4-5-21-3-2-10-27-19-21/h2-3,6-10,17-19,33H,11-16H2,1H3,(H,29,32). The largest absolute Gasteiger partial charge is 0.383 e. The minimum atomic E-state index is -0.567. The van der Waals surface area contributed by atoms with Gasteiger partial charge in [-0.3, -0.25) is 19.9 Å². The first kappa shape index (κ1) is 23.4. The molecular formula is C26H27N5O3. The molecule has 0 aliphatic carbocycles. The number of piperazine rings is 1. The van der Waals surface area contributed by atoms with Gasteiger partial charge in [-0.05, 0) is 36.4 Å². The SMILES string of the molecule is COCCN1CCN(c2cc(C(=O)NO)cc(-c3ccc(C#Cc4cccnc4)cc3)n2)CC1. The Morgan fingerprint density at radius 3 is 2.53 bits per heavy atom. The highest BCUT2D eigenvalue weighted by Crippen LogP contribution is 2.24. The van der Waals surface area contributed by atoms with Gasteiger partial charge in [0.25, 0.3) is 5.91 Å². The second kappa shape index (κ2) is 11.4. The molecule has 0 unspecified atom stereocenters. The lowest BCUT2D eigenvalue weighted by Crippen LogP contribution is -2.47. The van der Waals surface area contributed by atoms with E-state index in [0.717, 1.165) is 49.4 Å². The van der Waals surface area contributed by atoms with Gasteiger partial charge in [0, 0.05) is 74.5 Å². The van der Waals surface area contributed by atoms with E-state index >= 15 is 0 Å². The zero-order chi connectivity index (χ0) is 23.8. The summed E-state index contributed by atoms with van der Waals surface area (Å²) in [6, 6.07) is 14.9. The molecule has 174 valence electrons. The molecule has 2 N–H and O–H groups in total. The second-order valence-electron chi connectivity index (χ2n) is 7.93. The molecule has 1 amide bonds. The first-order valence-electron chi connectivity index (χ1n) is 11.1. The van der Waals surface area contributed by atoms with Crippen molar-refractivity contribution >= 4 is 11.7 Å². The smallest absolute Gasteiger partial charge is 0.274 e. The number of rotatable bonds is 6. The third-order valence-corrected chi connectivity index (χ3v) is 5.68. The van der Waals surface area contributed by atoms with E-state index in [9.17, 15) is 10.0 Å². The monoisotopic (exact) mass is 457 g/mol. The summed E-state index contributed by atoms with van der Waals surface area (Å²) in [5.74, 6) is 6.37. The molecule has 0 radical (unpaired) electrons. The molecule has 8 heteroatoms. The molecule has 0 spiro atoms. The highest BCUT2D eigenvalue weighted by atomic mass is 16.5. The number of ether oxygens (including phenoxy) is 1. The summed E-state index contributed by atoms with van der Waals surface area (Å²) in [5, 5.41) is 9.19. The van der Waals surface area contributed by atoms with E-state index in [4.69, 9.17) is 9.72 Å². The third kappa shape index (κ3) is 5.97. The van der Waals surface area contributed by atoms with Crippen molar-refractivity contribution in [3.05, 3.63) is 77.6 Å². The number of pyridine rings is 2. The number of hydrogen-bond acceptors (Lipinski definition) is 7. The summed E-state index contributed by atoms with van der Waals surface area (Å²) in [6.07, 6.45) is 3.44. The summed E-state index contributed by atoms with van der Waals surface area (Å²) in [4.78, 5) is 25.6. The normalized spacial score (nSPS) is 13.8. The fraction of sp³-hybridized carbons (Fsp3) is 0.269. The highest BCUT2D eigenvalue weighted by Gasteiger charge is 2.20. The van der Waals surface area contributed by atoms with Crippen molar-refractivity contribution in [1.29, 1.82) is 0 Å². The van der Waals surface area contributed by atoms with Crippen LogP contribution in [0.1, 0.15) is 21.5 Å². The summed E-state index contributed by atoms with van der Waals surface area (Å²) in [6.45, 7) is 4.97. The summed E-state index contributed by atoms with van der Waals surface area (Å²) < 4.78 is 5.17. The Labute approximate surface area is 199 Å². The molecule has 3 heterocycles. The Morgan fingerprint density at radius 2 is 1.85 bits per heavy atom. The van der Waals surface area contributed by atoms with Gasteiger partial charge in [-0.1, -0.05) is 24.0 Å². The lowest BCUT2D eigenvalue weighted by Gasteiger charge is -2.35. The van der Waals surface area contributed by atoms with Crippen LogP contribution in [0, 0.1) is 11.8 Å². The Hall–Kier alpha value is -3.77. The van der Waals surface area contributed by atoms with Crippen molar-refractivity contribution in [1.82, 2.24) is 20.3 Å². The number of nitrogens with zero attached hydrogens (tertiary/aromatic N) is 4. The van der Waals surface area contributed by atoms with E-state index < -0.39 is 5.91 Å². The topological polar surface area (TPSA) is 90.8 Å². The number of hydrogen-bond donors (Lipinski definition) is 2. The first-order valence-corrected chi connectivity index (χ1v) is 11.1.